The van der Waals surface area contributed by atoms with Gasteiger partial charge in [0.25, 0.3) is 0 Å². The molecular formula is C18H29N. The molecule has 1 heteroatoms. The second-order valence-corrected chi connectivity index (χ2v) is 5.75. The first-order valence-corrected chi connectivity index (χ1v) is 8.15. The fraction of sp³-hybridized carbons (Fsp3) is 0.667. The van der Waals surface area contributed by atoms with E-state index in [1.165, 1.54) is 57.2 Å². The number of nitrogens with zero attached hydrogens (tertiary/aromatic N) is 1. The molecule has 1 aliphatic carbocycles. The Balaban J connectivity index is 0.000000637. The summed E-state index contributed by atoms with van der Waals surface area (Å²) in [6, 6.07) is 7.89. The van der Waals surface area contributed by atoms with Crippen LogP contribution in [0.4, 0.5) is 0 Å². The number of likely N-dealkylation sites (tertiary alicyclic amines) is 1. The van der Waals surface area contributed by atoms with E-state index in [1.54, 1.807) is 11.1 Å². The molecule has 0 radical (unpaired) electrons. The van der Waals surface area contributed by atoms with E-state index >= 15 is 0 Å². The Hall–Kier alpha value is -0.820. The second-order valence-electron chi connectivity index (χ2n) is 5.75. The summed E-state index contributed by atoms with van der Waals surface area (Å²) in [4.78, 5) is 2.73. The smallest absolute Gasteiger partial charge is 0.0102 e. The Bertz CT molecular complexity index is 391. The summed E-state index contributed by atoms with van der Waals surface area (Å²) in [5.41, 5.74) is 4.65. The van der Waals surface area contributed by atoms with Crippen LogP contribution in [0.2, 0.25) is 0 Å². The summed E-state index contributed by atoms with van der Waals surface area (Å²) < 4.78 is 0. The predicted molar refractivity (Wildman–Crippen MR) is 83.8 cm³/mol. The quantitative estimate of drug-likeness (QED) is 0.677. The lowest BCUT2D eigenvalue weighted by molar-refractivity contribution is 0.222. The van der Waals surface area contributed by atoms with Gasteiger partial charge in [-0.05, 0) is 69.7 Å². The van der Waals surface area contributed by atoms with Gasteiger partial charge in [0.15, 0.2) is 0 Å². The standard InChI is InChI=1S/C16H23N.C2H6/c1-13-4-5-14-6-8-16(9-7-15(14)12-13)17-10-2-3-11-17;1-2/h4-5,12,16H,2-3,6-11H2,1H3;1-2H3. The van der Waals surface area contributed by atoms with E-state index in [4.69, 9.17) is 0 Å². The highest BCUT2D eigenvalue weighted by atomic mass is 15.2. The number of fused-ring (bicyclic) bond motifs is 1. The van der Waals surface area contributed by atoms with Gasteiger partial charge in [-0.1, -0.05) is 37.6 Å². The predicted octanol–water partition coefficient (Wildman–Crippen LogP) is 4.36. The molecule has 19 heavy (non-hydrogen) atoms. The maximum absolute atomic E-state index is 2.73. The van der Waals surface area contributed by atoms with Crippen molar-refractivity contribution in [3.8, 4) is 0 Å². The van der Waals surface area contributed by atoms with Crippen molar-refractivity contribution >= 4 is 0 Å². The van der Waals surface area contributed by atoms with Gasteiger partial charge >= 0.3 is 0 Å². The minimum Gasteiger partial charge on any atom is -0.300 e. The van der Waals surface area contributed by atoms with Gasteiger partial charge in [0, 0.05) is 6.04 Å². The molecule has 3 rings (SSSR count). The van der Waals surface area contributed by atoms with E-state index in [0.717, 1.165) is 6.04 Å². The highest BCUT2D eigenvalue weighted by molar-refractivity contribution is 5.32. The van der Waals surface area contributed by atoms with E-state index in [2.05, 4.69) is 30.0 Å². The Morgan fingerprint density at radius 3 is 2.26 bits per heavy atom. The summed E-state index contributed by atoms with van der Waals surface area (Å²) in [7, 11) is 0. The van der Waals surface area contributed by atoms with E-state index in [-0.39, 0.29) is 0 Å². The van der Waals surface area contributed by atoms with Crippen molar-refractivity contribution in [2.45, 2.75) is 65.3 Å². The molecule has 1 nitrogen and oxygen atoms in total. The Kier molecular flexibility index (Phi) is 5.45. The molecule has 2 aliphatic rings. The maximum Gasteiger partial charge on any atom is 0.0102 e. The monoisotopic (exact) mass is 259 g/mol. The SMILES string of the molecule is CC.Cc1ccc2c(c1)CCC(N1CCCC1)CC2. The number of hydrogen-bond donors (Lipinski definition) is 0. The lowest BCUT2D eigenvalue weighted by Gasteiger charge is -2.25. The maximum atomic E-state index is 2.73. The molecule has 106 valence electrons. The third-order valence-corrected chi connectivity index (χ3v) is 4.51. The molecule has 0 N–H and O–H groups in total. The van der Waals surface area contributed by atoms with Gasteiger partial charge < -0.3 is 4.90 Å². The fourth-order valence-corrected chi connectivity index (χ4v) is 3.49. The van der Waals surface area contributed by atoms with Crippen molar-refractivity contribution in [2.24, 2.45) is 0 Å². The second kappa shape index (κ2) is 7.09. The van der Waals surface area contributed by atoms with Gasteiger partial charge in [-0.15, -0.1) is 0 Å². The van der Waals surface area contributed by atoms with Crippen LogP contribution in [0.25, 0.3) is 0 Å². The van der Waals surface area contributed by atoms with Crippen LogP contribution in [0.15, 0.2) is 18.2 Å². The molecule has 0 amide bonds. The number of aryl methyl sites for hydroxylation is 3. The molecule has 1 fully saturated rings. The molecule has 0 spiro atoms. The topological polar surface area (TPSA) is 3.24 Å². The Morgan fingerprint density at radius 2 is 1.58 bits per heavy atom. The van der Waals surface area contributed by atoms with Crippen LogP contribution in [-0.2, 0) is 12.8 Å². The molecule has 0 aromatic heterocycles. The van der Waals surface area contributed by atoms with Crippen LogP contribution < -0.4 is 0 Å². The highest BCUT2D eigenvalue weighted by Crippen LogP contribution is 2.26. The van der Waals surface area contributed by atoms with Gasteiger partial charge in [-0.3, -0.25) is 0 Å². The van der Waals surface area contributed by atoms with Crippen molar-refractivity contribution in [3.63, 3.8) is 0 Å². The van der Waals surface area contributed by atoms with Crippen molar-refractivity contribution < 1.29 is 0 Å². The van der Waals surface area contributed by atoms with Gasteiger partial charge in [-0.25, -0.2) is 0 Å². The fourth-order valence-electron chi connectivity index (χ4n) is 3.49. The summed E-state index contributed by atoms with van der Waals surface area (Å²) >= 11 is 0. The molecule has 1 aliphatic heterocycles. The first kappa shape index (κ1) is 14.6. The number of hydrogen-bond acceptors (Lipinski definition) is 1. The van der Waals surface area contributed by atoms with Crippen LogP contribution in [0, 0.1) is 6.92 Å². The third-order valence-electron chi connectivity index (χ3n) is 4.51. The molecule has 0 saturated carbocycles. The van der Waals surface area contributed by atoms with Gasteiger partial charge in [0.1, 0.15) is 0 Å². The van der Waals surface area contributed by atoms with Crippen LogP contribution in [0.5, 0.6) is 0 Å². The minimum atomic E-state index is 0.852. The Morgan fingerprint density at radius 1 is 0.947 bits per heavy atom. The zero-order chi connectivity index (χ0) is 13.7. The zero-order valence-electron chi connectivity index (χ0n) is 12.9. The van der Waals surface area contributed by atoms with Crippen molar-refractivity contribution in [1.82, 2.24) is 4.90 Å². The van der Waals surface area contributed by atoms with Gasteiger partial charge in [0.2, 0.25) is 0 Å². The average molecular weight is 259 g/mol. The van der Waals surface area contributed by atoms with Crippen LogP contribution in [0.3, 0.4) is 0 Å². The van der Waals surface area contributed by atoms with E-state index in [9.17, 15) is 0 Å². The van der Waals surface area contributed by atoms with Crippen molar-refractivity contribution in [1.29, 1.82) is 0 Å². The summed E-state index contributed by atoms with van der Waals surface area (Å²) in [5.74, 6) is 0. The summed E-state index contributed by atoms with van der Waals surface area (Å²) in [5, 5.41) is 0. The molecule has 1 aromatic carbocycles. The lowest BCUT2D eigenvalue weighted by Crippen LogP contribution is -2.32. The molecule has 0 bridgehead atoms. The molecule has 1 atom stereocenters. The summed E-state index contributed by atoms with van der Waals surface area (Å²) in [6.07, 6.45) is 8.16. The Labute approximate surface area is 119 Å². The minimum absolute atomic E-state index is 0.852. The van der Waals surface area contributed by atoms with Gasteiger partial charge in [-0.2, -0.15) is 0 Å². The van der Waals surface area contributed by atoms with Crippen LogP contribution >= 0.6 is 0 Å². The van der Waals surface area contributed by atoms with Crippen LogP contribution in [-0.4, -0.2) is 24.0 Å². The van der Waals surface area contributed by atoms with E-state index in [0.29, 0.717) is 0 Å². The van der Waals surface area contributed by atoms with E-state index in [1.807, 2.05) is 13.8 Å². The summed E-state index contributed by atoms with van der Waals surface area (Å²) in [6.45, 7) is 8.91. The average Bonchev–Trinajstić information content (AvgIpc) is 2.89. The first-order chi connectivity index (χ1) is 9.33. The molecular weight excluding hydrogens is 230 g/mol. The van der Waals surface area contributed by atoms with Crippen molar-refractivity contribution in [3.05, 3.63) is 34.9 Å². The molecule has 1 unspecified atom stereocenters. The normalized spacial score (nSPS) is 23.2. The number of rotatable bonds is 1. The highest BCUT2D eigenvalue weighted by Gasteiger charge is 2.24. The third kappa shape index (κ3) is 3.60. The molecule has 1 saturated heterocycles. The largest absolute Gasteiger partial charge is 0.300 e. The van der Waals surface area contributed by atoms with E-state index < -0.39 is 0 Å². The first-order valence-electron chi connectivity index (χ1n) is 8.15. The molecule has 1 aromatic rings. The van der Waals surface area contributed by atoms with Gasteiger partial charge in [0.05, 0.1) is 0 Å². The molecule has 1 heterocycles. The van der Waals surface area contributed by atoms with Crippen LogP contribution in [0.1, 0.15) is 56.2 Å². The number of benzene rings is 1. The zero-order valence-corrected chi connectivity index (χ0v) is 12.9. The lowest BCUT2D eigenvalue weighted by atomic mass is 10.0. The van der Waals surface area contributed by atoms with Crippen molar-refractivity contribution in [2.75, 3.05) is 13.1 Å².